The highest BCUT2D eigenvalue weighted by atomic mass is 19.3. The van der Waals surface area contributed by atoms with Crippen molar-refractivity contribution in [1.29, 1.82) is 0 Å². The van der Waals surface area contributed by atoms with E-state index in [1.807, 2.05) is 71.1 Å². The van der Waals surface area contributed by atoms with Gasteiger partial charge in [0.15, 0.2) is 0 Å². The number of aromatic nitrogens is 3. The maximum Gasteiger partial charge on any atom is 0.251 e. The molecule has 1 fully saturated rings. The number of benzene rings is 2. The number of rotatable bonds is 9. The molecule has 0 radical (unpaired) electrons. The molecule has 2 atom stereocenters. The van der Waals surface area contributed by atoms with Crippen LogP contribution in [0.25, 0.3) is 16.9 Å². The van der Waals surface area contributed by atoms with Crippen LogP contribution < -0.4 is 16.6 Å². The smallest absolute Gasteiger partial charge is 0.251 e. The lowest BCUT2D eigenvalue weighted by atomic mass is 10.0. The molecule has 5 rings (SSSR count). The van der Waals surface area contributed by atoms with E-state index in [1.165, 1.54) is 10.1 Å². The lowest BCUT2D eigenvalue weighted by Crippen LogP contribution is -2.35. The Hall–Kier alpha value is -4.31. The first-order chi connectivity index (χ1) is 19.8. The Morgan fingerprint density at radius 3 is 2.39 bits per heavy atom. The molecule has 3 heterocycles. The molecule has 1 aliphatic heterocycles. The van der Waals surface area contributed by atoms with Crippen molar-refractivity contribution in [2.75, 3.05) is 18.4 Å². The number of hydrogen-bond acceptors (Lipinski definition) is 5. The second kappa shape index (κ2) is 13.8. The molecule has 0 bridgehead atoms. The summed E-state index contributed by atoms with van der Waals surface area (Å²) in [5.74, 6) is 0.817. The van der Waals surface area contributed by atoms with Crippen molar-refractivity contribution in [1.82, 2.24) is 19.2 Å². The topological polar surface area (TPSA) is 98.2 Å². The molecule has 216 valence electrons. The van der Waals surface area contributed by atoms with Crippen molar-refractivity contribution in [3.05, 3.63) is 100 Å². The number of alkyl halides is 2. The molecule has 8 nitrogen and oxygen atoms in total. The average molecular weight is 563 g/mol. The van der Waals surface area contributed by atoms with E-state index in [9.17, 15) is 13.6 Å². The first kappa shape index (κ1) is 29.7. The van der Waals surface area contributed by atoms with Crippen molar-refractivity contribution in [3.8, 4) is 16.9 Å². The van der Waals surface area contributed by atoms with E-state index in [4.69, 9.17) is 9.89 Å². The van der Waals surface area contributed by atoms with Gasteiger partial charge in [-0.25, -0.2) is 13.5 Å². The van der Waals surface area contributed by atoms with E-state index >= 15 is 0 Å². The summed E-state index contributed by atoms with van der Waals surface area (Å²) < 4.78 is 30.3. The molecule has 0 spiro atoms. The van der Waals surface area contributed by atoms with E-state index in [1.54, 1.807) is 19.3 Å². The molecule has 0 unspecified atom stereocenters. The highest BCUT2D eigenvalue weighted by Gasteiger charge is 2.34. The number of hydrogen-bond donors (Lipinski definition) is 2. The average Bonchev–Trinajstić information content (AvgIpc) is 3.50. The van der Waals surface area contributed by atoms with Gasteiger partial charge in [-0.3, -0.25) is 14.5 Å². The number of aryl methyl sites for hydroxylation is 2. The predicted octanol–water partition coefficient (Wildman–Crippen LogP) is 4.40. The highest BCUT2D eigenvalue weighted by Crippen LogP contribution is 2.33. The van der Waals surface area contributed by atoms with Crippen LogP contribution >= 0.6 is 0 Å². The van der Waals surface area contributed by atoms with Gasteiger partial charge < -0.3 is 15.6 Å². The molecule has 0 saturated carbocycles. The lowest BCUT2D eigenvalue weighted by Gasteiger charge is -2.23. The molecular weight excluding hydrogens is 526 g/mol. The SMILES string of the molecule is Cc1c(-c2ccn(C)c(=O)c2)nn(-c2ccccc2)c1N[C@H]1C[C@H](CCc2ccccc2)N(CC(F)F)C1.NC=O. The minimum absolute atomic E-state index is 0.0103. The maximum atomic E-state index is 13.5. The number of para-hydroxylation sites is 1. The van der Waals surface area contributed by atoms with E-state index in [0.29, 0.717) is 6.54 Å². The van der Waals surface area contributed by atoms with Crippen LogP contribution in [0.5, 0.6) is 0 Å². The Kier molecular flexibility index (Phi) is 10.0. The van der Waals surface area contributed by atoms with Crippen molar-refractivity contribution >= 4 is 12.2 Å². The molecule has 10 heteroatoms. The number of amides is 1. The zero-order chi connectivity index (χ0) is 29.4. The number of carbonyl (C=O) groups is 1. The highest BCUT2D eigenvalue weighted by molar-refractivity contribution is 5.70. The lowest BCUT2D eigenvalue weighted by molar-refractivity contribution is -0.106. The summed E-state index contributed by atoms with van der Waals surface area (Å²) in [6.07, 6.45) is 2.05. The minimum Gasteiger partial charge on any atom is -0.372 e. The van der Waals surface area contributed by atoms with Crippen LogP contribution in [0.4, 0.5) is 14.6 Å². The van der Waals surface area contributed by atoms with Gasteiger partial charge in [-0.2, -0.15) is 5.10 Å². The molecule has 2 aromatic carbocycles. The Labute approximate surface area is 238 Å². The van der Waals surface area contributed by atoms with Crippen LogP contribution in [0.3, 0.4) is 0 Å². The first-order valence-electron chi connectivity index (χ1n) is 13.6. The monoisotopic (exact) mass is 562 g/mol. The van der Waals surface area contributed by atoms with Gasteiger partial charge in [0.25, 0.3) is 12.0 Å². The fourth-order valence-corrected chi connectivity index (χ4v) is 5.35. The summed E-state index contributed by atoms with van der Waals surface area (Å²) in [6.45, 7) is 2.29. The maximum absolute atomic E-state index is 13.5. The third-order valence-electron chi connectivity index (χ3n) is 7.35. The van der Waals surface area contributed by atoms with Gasteiger partial charge in [0.05, 0.1) is 17.9 Å². The zero-order valence-electron chi connectivity index (χ0n) is 23.3. The van der Waals surface area contributed by atoms with Crippen LogP contribution in [0.15, 0.2) is 83.8 Å². The fraction of sp³-hybridized carbons (Fsp3) is 0.323. The summed E-state index contributed by atoms with van der Waals surface area (Å²) in [4.78, 5) is 22.8. The Balaban J connectivity index is 0.00000124. The van der Waals surface area contributed by atoms with Gasteiger partial charge in [-0.1, -0.05) is 48.5 Å². The van der Waals surface area contributed by atoms with Crippen LogP contribution in [0.1, 0.15) is 24.0 Å². The summed E-state index contributed by atoms with van der Waals surface area (Å²) in [6, 6.07) is 23.5. The number of nitrogens with two attached hydrogens (primary N) is 1. The van der Waals surface area contributed by atoms with Crippen LogP contribution in [-0.2, 0) is 18.3 Å². The normalized spacial score (nSPS) is 16.8. The standard InChI is InChI=1S/C30H33F2N5O.CH3NO/c1-21-29(23-15-16-35(2)28(38)17-23)34-37(25-11-7-4-8-12-25)30(21)33-24-18-26(36(19-24)20-27(31)32)14-13-22-9-5-3-6-10-22;2-1-3/h3-12,15-17,24,26-27,33H,13-14,18-20H2,1-2H3;1H,(H2,2,3)/t24-,26-;/m0./s1. The Morgan fingerprint density at radius 1 is 1.10 bits per heavy atom. The Bertz CT molecular complexity index is 1470. The summed E-state index contributed by atoms with van der Waals surface area (Å²) in [7, 11) is 1.72. The molecular formula is C31H36F2N6O2. The third-order valence-corrected chi connectivity index (χ3v) is 7.35. The van der Waals surface area contributed by atoms with Crippen LogP contribution in [0, 0.1) is 6.92 Å². The summed E-state index contributed by atoms with van der Waals surface area (Å²) in [5.41, 5.74) is 8.54. The number of anilines is 1. The van der Waals surface area contributed by atoms with Crippen LogP contribution in [0.2, 0.25) is 0 Å². The van der Waals surface area contributed by atoms with Crippen LogP contribution in [-0.4, -0.2) is 57.3 Å². The number of halogens is 2. The molecule has 2 aromatic heterocycles. The van der Waals surface area contributed by atoms with Crippen molar-refractivity contribution in [2.45, 2.75) is 44.7 Å². The molecule has 1 saturated heterocycles. The first-order valence-corrected chi connectivity index (χ1v) is 13.6. The van der Waals surface area contributed by atoms with Gasteiger partial charge >= 0.3 is 0 Å². The van der Waals surface area contributed by atoms with Crippen molar-refractivity contribution < 1.29 is 13.6 Å². The van der Waals surface area contributed by atoms with Crippen molar-refractivity contribution in [2.24, 2.45) is 12.8 Å². The largest absolute Gasteiger partial charge is 0.372 e. The second-order valence-corrected chi connectivity index (χ2v) is 10.2. The molecule has 1 amide bonds. The predicted molar refractivity (Wildman–Crippen MR) is 157 cm³/mol. The number of nitrogens with zero attached hydrogens (tertiary/aromatic N) is 4. The van der Waals surface area contributed by atoms with E-state index < -0.39 is 6.43 Å². The molecule has 3 N–H and O–H groups in total. The van der Waals surface area contributed by atoms with Gasteiger partial charge in [-0.15, -0.1) is 0 Å². The Morgan fingerprint density at radius 2 is 1.76 bits per heavy atom. The van der Waals surface area contributed by atoms with Gasteiger partial charge in [0.2, 0.25) is 6.41 Å². The minimum atomic E-state index is -2.38. The number of primary amides is 1. The van der Waals surface area contributed by atoms with E-state index in [2.05, 4.69) is 23.2 Å². The molecule has 41 heavy (non-hydrogen) atoms. The van der Waals surface area contributed by atoms with Crippen molar-refractivity contribution in [3.63, 3.8) is 0 Å². The second-order valence-electron chi connectivity index (χ2n) is 10.2. The zero-order valence-corrected chi connectivity index (χ0v) is 23.3. The van der Waals surface area contributed by atoms with E-state index in [-0.39, 0.29) is 30.6 Å². The van der Waals surface area contributed by atoms with E-state index in [0.717, 1.165) is 47.6 Å². The third kappa shape index (κ3) is 7.46. The van der Waals surface area contributed by atoms with Gasteiger partial charge in [-0.05, 0) is 49.9 Å². The van der Waals surface area contributed by atoms with Gasteiger partial charge in [0, 0.05) is 49.1 Å². The quantitative estimate of drug-likeness (QED) is 0.295. The summed E-state index contributed by atoms with van der Waals surface area (Å²) >= 11 is 0. The fourth-order valence-electron chi connectivity index (χ4n) is 5.35. The molecule has 1 aliphatic rings. The molecule has 0 aliphatic carbocycles. The van der Waals surface area contributed by atoms with Gasteiger partial charge in [0.1, 0.15) is 5.82 Å². The number of carbonyl (C=O) groups excluding carboxylic acids is 1. The molecule has 4 aromatic rings. The number of nitrogens with one attached hydrogen (secondary N) is 1. The summed E-state index contributed by atoms with van der Waals surface area (Å²) in [5, 5.41) is 8.55. The number of pyridine rings is 1. The number of likely N-dealkylation sites (tertiary alicyclic amines) is 1.